The van der Waals surface area contributed by atoms with Gasteiger partial charge in [0.25, 0.3) is 5.91 Å². The molecule has 0 saturated heterocycles. The van der Waals surface area contributed by atoms with Crippen LogP contribution in [0.1, 0.15) is 32.8 Å². The van der Waals surface area contributed by atoms with Gasteiger partial charge in [0.05, 0.1) is 34.7 Å². The topological polar surface area (TPSA) is 134 Å². The molecular formula is C21H30Cl2N4O4S. The van der Waals surface area contributed by atoms with Crippen LogP contribution in [0.5, 0.6) is 0 Å². The van der Waals surface area contributed by atoms with Crippen molar-refractivity contribution >= 4 is 44.7 Å². The van der Waals surface area contributed by atoms with E-state index in [9.17, 15) is 13.2 Å². The second-order valence-corrected chi connectivity index (χ2v) is 10.1. The standard InChI is InChI=1S/C21H30Cl2N4O4S/c1-4-14(2)20(26-13-16-5-6-17(22)18(23)11-16)27-21(29)19(15(3)12-24)25-7-9-32(30,31)10-8-28/h5-6,11-12,26,28H,4,7-10,13,24H2,1-3H3,(H,27,29)/b15-12?,20-14-,25-19?. The lowest BCUT2D eigenvalue weighted by Crippen LogP contribution is -2.37. The lowest BCUT2D eigenvalue weighted by molar-refractivity contribution is -0.114. The number of carbonyl (C=O) groups excluding carboxylic acids is 1. The highest BCUT2D eigenvalue weighted by Gasteiger charge is 2.17. The van der Waals surface area contributed by atoms with E-state index in [4.69, 9.17) is 34.0 Å². The molecule has 1 aromatic rings. The van der Waals surface area contributed by atoms with Crippen LogP contribution >= 0.6 is 23.2 Å². The van der Waals surface area contributed by atoms with Gasteiger partial charge in [0.2, 0.25) is 0 Å². The number of rotatable bonds is 12. The Morgan fingerprint density at radius 1 is 1.22 bits per heavy atom. The summed E-state index contributed by atoms with van der Waals surface area (Å²) in [6.45, 7) is 5.24. The average Bonchev–Trinajstić information content (AvgIpc) is 2.75. The predicted octanol–water partition coefficient (Wildman–Crippen LogP) is 2.55. The Morgan fingerprint density at radius 2 is 1.91 bits per heavy atom. The Balaban J connectivity index is 3.01. The van der Waals surface area contributed by atoms with Crippen molar-refractivity contribution in [1.82, 2.24) is 10.6 Å². The van der Waals surface area contributed by atoms with Gasteiger partial charge in [0, 0.05) is 6.54 Å². The molecule has 178 valence electrons. The minimum absolute atomic E-state index is 0.0319. The fourth-order valence-corrected chi connectivity index (χ4v) is 3.66. The normalized spacial score (nSPS) is 13.6. The van der Waals surface area contributed by atoms with Crippen molar-refractivity contribution in [2.75, 3.05) is 24.7 Å². The minimum atomic E-state index is -3.45. The lowest BCUT2D eigenvalue weighted by Gasteiger charge is -2.17. The zero-order valence-corrected chi connectivity index (χ0v) is 20.7. The molecule has 5 N–H and O–H groups in total. The fourth-order valence-electron chi connectivity index (χ4n) is 2.48. The van der Waals surface area contributed by atoms with Gasteiger partial charge in [-0.2, -0.15) is 0 Å². The number of amides is 1. The third kappa shape index (κ3) is 9.20. The molecule has 11 heteroatoms. The van der Waals surface area contributed by atoms with Crippen molar-refractivity contribution < 1.29 is 18.3 Å². The van der Waals surface area contributed by atoms with Crippen molar-refractivity contribution in [1.29, 1.82) is 0 Å². The van der Waals surface area contributed by atoms with Crippen LogP contribution in [-0.2, 0) is 21.2 Å². The van der Waals surface area contributed by atoms with Gasteiger partial charge in [0.1, 0.15) is 11.5 Å². The third-order valence-electron chi connectivity index (χ3n) is 4.56. The monoisotopic (exact) mass is 504 g/mol. The first kappa shape index (κ1) is 28.0. The van der Waals surface area contributed by atoms with Crippen LogP contribution in [0.25, 0.3) is 0 Å². The summed E-state index contributed by atoms with van der Waals surface area (Å²) in [4.78, 5) is 17.1. The number of aliphatic hydroxyl groups excluding tert-OH is 1. The number of sulfone groups is 1. The number of halogens is 2. The zero-order chi connectivity index (χ0) is 24.3. The Labute approximate surface area is 199 Å². The van der Waals surface area contributed by atoms with Crippen LogP contribution in [0.2, 0.25) is 10.0 Å². The van der Waals surface area contributed by atoms with E-state index in [-0.39, 0.29) is 23.8 Å². The summed E-state index contributed by atoms with van der Waals surface area (Å²) in [6, 6.07) is 5.25. The number of nitrogens with zero attached hydrogens (tertiary/aromatic N) is 1. The molecule has 0 unspecified atom stereocenters. The van der Waals surface area contributed by atoms with Crippen molar-refractivity contribution in [3.8, 4) is 0 Å². The van der Waals surface area contributed by atoms with Crippen molar-refractivity contribution in [3.05, 3.63) is 57.0 Å². The van der Waals surface area contributed by atoms with E-state index < -0.39 is 22.4 Å². The zero-order valence-electron chi connectivity index (χ0n) is 18.4. The SMILES string of the molecule is CC/C(C)=C(/NCc1ccc(Cl)c(Cl)c1)NC(=O)C(=NCCS(=O)(=O)CCO)C(C)=CN. The molecule has 8 nitrogen and oxygen atoms in total. The number of aliphatic hydroxyl groups is 1. The largest absolute Gasteiger partial charge is 0.404 e. The lowest BCUT2D eigenvalue weighted by atomic mass is 10.1. The number of allylic oxidation sites excluding steroid dienone is 1. The smallest absolute Gasteiger partial charge is 0.275 e. The molecule has 1 rings (SSSR count). The summed E-state index contributed by atoms with van der Waals surface area (Å²) in [5, 5.41) is 15.7. The van der Waals surface area contributed by atoms with Crippen molar-refractivity contribution in [2.24, 2.45) is 10.7 Å². The van der Waals surface area contributed by atoms with Crippen LogP contribution in [0, 0.1) is 0 Å². The number of hydrogen-bond acceptors (Lipinski definition) is 7. The molecule has 1 aromatic carbocycles. The quantitative estimate of drug-likeness (QED) is 0.323. The Hall–Kier alpha value is -2.07. The van der Waals surface area contributed by atoms with E-state index in [1.807, 2.05) is 19.9 Å². The Morgan fingerprint density at radius 3 is 2.47 bits per heavy atom. The summed E-state index contributed by atoms with van der Waals surface area (Å²) >= 11 is 12.0. The Kier molecular flexibility index (Phi) is 11.8. The summed E-state index contributed by atoms with van der Waals surface area (Å²) < 4.78 is 23.6. The molecule has 0 atom stereocenters. The third-order valence-corrected chi connectivity index (χ3v) is 6.91. The summed E-state index contributed by atoms with van der Waals surface area (Å²) in [6.07, 6.45) is 1.92. The maximum absolute atomic E-state index is 12.9. The van der Waals surface area contributed by atoms with Gasteiger partial charge in [-0.3, -0.25) is 9.79 Å². The molecule has 0 fully saturated rings. The highest BCUT2D eigenvalue weighted by molar-refractivity contribution is 7.91. The molecule has 0 radical (unpaired) electrons. The molecule has 1 amide bonds. The van der Waals surface area contributed by atoms with Crippen molar-refractivity contribution in [3.63, 3.8) is 0 Å². The van der Waals surface area contributed by atoms with Gasteiger partial charge in [-0.1, -0.05) is 36.2 Å². The van der Waals surface area contributed by atoms with Gasteiger partial charge < -0.3 is 21.5 Å². The van der Waals surface area contributed by atoms with E-state index in [0.29, 0.717) is 34.4 Å². The van der Waals surface area contributed by atoms with Gasteiger partial charge in [0.15, 0.2) is 9.84 Å². The molecule has 0 spiro atoms. The first-order valence-corrected chi connectivity index (χ1v) is 12.6. The van der Waals surface area contributed by atoms with Gasteiger partial charge in [-0.05, 0) is 55.3 Å². The molecule has 0 aliphatic carbocycles. The fraction of sp³-hybridized carbons (Fsp3) is 0.429. The van der Waals surface area contributed by atoms with Gasteiger partial charge in [-0.25, -0.2) is 8.42 Å². The average molecular weight is 505 g/mol. The van der Waals surface area contributed by atoms with Gasteiger partial charge >= 0.3 is 0 Å². The molecule has 0 bridgehead atoms. The summed E-state index contributed by atoms with van der Waals surface area (Å²) in [5.74, 6) is -0.645. The second kappa shape index (κ2) is 13.5. The predicted molar refractivity (Wildman–Crippen MR) is 130 cm³/mol. The van der Waals surface area contributed by atoms with Gasteiger partial charge in [-0.15, -0.1) is 0 Å². The van der Waals surface area contributed by atoms with Crippen LogP contribution < -0.4 is 16.4 Å². The number of hydrogen-bond donors (Lipinski definition) is 4. The van der Waals surface area contributed by atoms with E-state index in [1.54, 1.807) is 19.1 Å². The highest BCUT2D eigenvalue weighted by atomic mass is 35.5. The van der Waals surface area contributed by atoms with E-state index in [0.717, 1.165) is 11.1 Å². The number of aliphatic imine (C=N–C) groups is 1. The number of benzene rings is 1. The molecular weight excluding hydrogens is 475 g/mol. The van der Waals surface area contributed by atoms with E-state index in [1.165, 1.54) is 6.20 Å². The second-order valence-electron chi connectivity index (χ2n) is 7.02. The number of carbonyl (C=O) groups is 1. The molecule has 0 aliphatic heterocycles. The minimum Gasteiger partial charge on any atom is -0.404 e. The summed E-state index contributed by atoms with van der Waals surface area (Å²) in [5.41, 5.74) is 7.78. The summed E-state index contributed by atoms with van der Waals surface area (Å²) in [7, 11) is -3.45. The first-order chi connectivity index (χ1) is 15.0. The highest BCUT2D eigenvalue weighted by Crippen LogP contribution is 2.22. The van der Waals surface area contributed by atoms with Crippen LogP contribution in [-0.4, -0.2) is 49.8 Å². The number of nitrogens with two attached hydrogens (primary N) is 1. The maximum atomic E-state index is 12.9. The van der Waals surface area contributed by atoms with Crippen LogP contribution in [0.3, 0.4) is 0 Å². The maximum Gasteiger partial charge on any atom is 0.275 e. The molecule has 32 heavy (non-hydrogen) atoms. The molecule has 0 aliphatic rings. The van der Waals surface area contributed by atoms with Crippen LogP contribution in [0.15, 0.2) is 46.4 Å². The number of nitrogens with one attached hydrogen (secondary N) is 2. The first-order valence-electron chi connectivity index (χ1n) is 9.98. The van der Waals surface area contributed by atoms with E-state index in [2.05, 4.69) is 15.6 Å². The van der Waals surface area contributed by atoms with Crippen LogP contribution in [0.4, 0.5) is 0 Å². The molecule has 0 heterocycles. The van der Waals surface area contributed by atoms with Crippen molar-refractivity contribution in [2.45, 2.75) is 33.7 Å². The Bertz CT molecular complexity index is 1010. The van der Waals surface area contributed by atoms with E-state index >= 15 is 0 Å². The molecule has 0 saturated carbocycles. The molecule has 0 aromatic heterocycles.